The van der Waals surface area contributed by atoms with Crippen LogP contribution >= 0.6 is 0 Å². The fourth-order valence-corrected chi connectivity index (χ4v) is 4.40. The Morgan fingerprint density at radius 1 is 0.857 bits per heavy atom. The van der Waals surface area contributed by atoms with Gasteiger partial charge in [-0.15, -0.1) is 0 Å². The van der Waals surface area contributed by atoms with E-state index < -0.39 is 12.0 Å². The number of carboxylic acids is 1. The summed E-state index contributed by atoms with van der Waals surface area (Å²) >= 11 is 0. The zero-order valence-electron chi connectivity index (χ0n) is 12.7. The van der Waals surface area contributed by atoms with Gasteiger partial charge in [0.1, 0.15) is 6.04 Å². The number of urea groups is 1. The van der Waals surface area contributed by atoms with Gasteiger partial charge in [0, 0.05) is 19.1 Å². The van der Waals surface area contributed by atoms with Crippen molar-refractivity contribution in [2.24, 2.45) is 5.92 Å². The van der Waals surface area contributed by atoms with Crippen molar-refractivity contribution in [1.29, 1.82) is 0 Å². The van der Waals surface area contributed by atoms with Gasteiger partial charge in [-0.05, 0) is 50.9 Å². The molecule has 0 radical (unpaired) electrons. The third kappa shape index (κ3) is 2.87. The lowest BCUT2D eigenvalue weighted by Crippen LogP contribution is -2.61. The summed E-state index contributed by atoms with van der Waals surface area (Å²) in [5.41, 5.74) is 0. The Morgan fingerprint density at radius 3 is 2.29 bits per heavy atom. The topological polar surface area (TPSA) is 60.9 Å². The number of piperidine rings is 2. The van der Waals surface area contributed by atoms with Gasteiger partial charge in [0.2, 0.25) is 0 Å². The SMILES string of the molecule is O=C(O)C1CCC2CCCCC2N1C(=O)N1CCCCC1. The molecule has 1 saturated carbocycles. The number of amides is 2. The van der Waals surface area contributed by atoms with Gasteiger partial charge in [-0.2, -0.15) is 0 Å². The van der Waals surface area contributed by atoms with Crippen LogP contribution in [0.1, 0.15) is 57.8 Å². The van der Waals surface area contributed by atoms with E-state index in [2.05, 4.69) is 0 Å². The van der Waals surface area contributed by atoms with Gasteiger partial charge in [0.25, 0.3) is 0 Å². The lowest BCUT2D eigenvalue weighted by molar-refractivity contribution is -0.146. The summed E-state index contributed by atoms with van der Waals surface area (Å²) in [4.78, 5) is 28.2. The smallest absolute Gasteiger partial charge is 0.326 e. The molecule has 2 amide bonds. The average Bonchev–Trinajstić information content (AvgIpc) is 2.53. The number of carbonyl (C=O) groups excluding carboxylic acids is 1. The maximum absolute atomic E-state index is 12.9. The largest absolute Gasteiger partial charge is 0.480 e. The molecule has 2 aliphatic heterocycles. The third-order valence-electron chi connectivity index (χ3n) is 5.51. The van der Waals surface area contributed by atoms with Gasteiger partial charge in [-0.3, -0.25) is 0 Å². The van der Waals surface area contributed by atoms with E-state index in [-0.39, 0.29) is 12.1 Å². The maximum Gasteiger partial charge on any atom is 0.326 e. The Hall–Kier alpha value is -1.26. The van der Waals surface area contributed by atoms with Crippen molar-refractivity contribution in [3.05, 3.63) is 0 Å². The second kappa shape index (κ2) is 6.24. The van der Waals surface area contributed by atoms with Crippen LogP contribution < -0.4 is 0 Å². The number of likely N-dealkylation sites (tertiary alicyclic amines) is 2. The molecule has 3 unspecified atom stereocenters. The summed E-state index contributed by atoms with van der Waals surface area (Å²) in [5.74, 6) is -0.313. The van der Waals surface area contributed by atoms with E-state index in [4.69, 9.17) is 0 Å². The summed E-state index contributed by atoms with van der Waals surface area (Å²) in [7, 11) is 0. The highest BCUT2D eigenvalue weighted by Gasteiger charge is 2.45. The van der Waals surface area contributed by atoms with Crippen LogP contribution in [0.5, 0.6) is 0 Å². The van der Waals surface area contributed by atoms with Gasteiger partial charge >= 0.3 is 12.0 Å². The highest BCUT2D eigenvalue weighted by Crippen LogP contribution is 2.38. The number of hydrogen-bond acceptors (Lipinski definition) is 2. The van der Waals surface area contributed by atoms with Crippen LogP contribution in [0.2, 0.25) is 0 Å². The molecular weight excluding hydrogens is 268 g/mol. The molecule has 3 rings (SSSR count). The number of carbonyl (C=O) groups is 2. The van der Waals surface area contributed by atoms with Crippen LogP contribution in [0.25, 0.3) is 0 Å². The van der Waals surface area contributed by atoms with Crippen LogP contribution in [0.4, 0.5) is 4.79 Å². The molecule has 5 nitrogen and oxygen atoms in total. The predicted molar refractivity (Wildman–Crippen MR) is 79.1 cm³/mol. The lowest BCUT2D eigenvalue weighted by Gasteiger charge is -2.48. The zero-order chi connectivity index (χ0) is 14.8. The quantitative estimate of drug-likeness (QED) is 0.809. The minimum atomic E-state index is -0.829. The minimum absolute atomic E-state index is 0.0151. The van der Waals surface area contributed by atoms with Crippen LogP contribution in [-0.2, 0) is 4.79 Å². The Kier molecular flexibility index (Phi) is 4.36. The molecule has 3 aliphatic rings. The molecule has 0 bridgehead atoms. The molecule has 3 fully saturated rings. The van der Waals surface area contributed by atoms with Crippen molar-refractivity contribution >= 4 is 12.0 Å². The molecule has 118 valence electrons. The molecule has 0 spiro atoms. The summed E-state index contributed by atoms with van der Waals surface area (Å²) in [6.45, 7) is 1.58. The molecule has 2 saturated heterocycles. The zero-order valence-corrected chi connectivity index (χ0v) is 12.7. The van der Waals surface area contributed by atoms with Crippen molar-refractivity contribution in [3.8, 4) is 0 Å². The third-order valence-corrected chi connectivity index (χ3v) is 5.51. The summed E-state index contributed by atoms with van der Waals surface area (Å²) in [6, 6.07) is -0.472. The monoisotopic (exact) mass is 294 g/mol. The molecule has 1 N–H and O–H groups in total. The lowest BCUT2D eigenvalue weighted by atomic mass is 9.76. The first-order valence-electron chi connectivity index (χ1n) is 8.48. The van der Waals surface area contributed by atoms with Crippen LogP contribution in [0.15, 0.2) is 0 Å². The fraction of sp³-hybridized carbons (Fsp3) is 0.875. The molecule has 0 aromatic rings. The first-order valence-corrected chi connectivity index (χ1v) is 8.48. The van der Waals surface area contributed by atoms with Gasteiger partial charge in [-0.1, -0.05) is 12.8 Å². The van der Waals surface area contributed by atoms with Crippen molar-refractivity contribution in [2.75, 3.05) is 13.1 Å². The summed E-state index contributed by atoms with van der Waals surface area (Å²) in [6.07, 6.45) is 9.34. The van der Waals surface area contributed by atoms with Crippen molar-refractivity contribution in [2.45, 2.75) is 69.9 Å². The Labute approximate surface area is 126 Å². The molecule has 2 heterocycles. The van der Waals surface area contributed by atoms with Gasteiger partial charge < -0.3 is 14.9 Å². The predicted octanol–water partition coefficient (Wildman–Crippen LogP) is 2.70. The van der Waals surface area contributed by atoms with E-state index >= 15 is 0 Å². The van der Waals surface area contributed by atoms with Crippen LogP contribution in [0.3, 0.4) is 0 Å². The van der Waals surface area contributed by atoms with E-state index in [1.807, 2.05) is 4.90 Å². The molecule has 5 heteroatoms. The van der Waals surface area contributed by atoms with Crippen molar-refractivity contribution in [1.82, 2.24) is 9.80 Å². The van der Waals surface area contributed by atoms with E-state index in [1.165, 1.54) is 12.8 Å². The first kappa shape index (κ1) is 14.7. The Morgan fingerprint density at radius 2 is 1.57 bits per heavy atom. The fourth-order valence-electron chi connectivity index (χ4n) is 4.40. The van der Waals surface area contributed by atoms with E-state index in [0.717, 1.165) is 51.6 Å². The van der Waals surface area contributed by atoms with Gasteiger partial charge in [-0.25, -0.2) is 9.59 Å². The normalized spacial score (nSPS) is 33.4. The highest BCUT2D eigenvalue weighted by molar-refractivity contribution is 5.83. The Balaban J connectivity index is 1.81. The van der Waals surface area contributed by atoms with Gasteiger partial charge in [0.15, 0.2) is 0 Å². The van der Waals surface area contributed by atoms with Crippen molar-refractivity contribution < 1.29 is 14.7 Å². The molecule has 21 heavy (non-hydrogen) atoms. The maximum atomic E-state index is 12.9. The summed E-state index contributed by atoms with van der Waals surface area (Å²) in [5, 5.41) is 9.53. The highest BCUT2D eigenvalue weighted by atomic mass is 16.4. The number of hydrogen-bond donors (Lipinski definition) is 1. The molecule has 3 atom stereocenters. The first-order chi connectivity index (χ1) is 10.2. The number of aliphatic carboxylic acids is 1. The molecule has 0 aromatic carbocycles. The minimum Gasteiger partial charge on any atom is -0.480 e. The molecule has 0 aromatic heterocycles. The molecular formula is C16H26N2O3. The second-order valence-corrected chi connectivity index (χ2v) is 6.78. The van der Waals surface area contributed by atoms with E-state index in [0.29, 0.717) is 12.3 Å². The molecule has 1 aliphatic carbocycles. The number of carboxylic acid groups (broad SMARTS) is 1. The van der Waals surface area contributed by atoms with E-state index in [9.17, 15) is 14.7 Å². The van der Waals surface area contributed by atoms with Crippen LogP contribution in [0, 0.1) is 5.92 Å². The van der Waals surface area contributed by atoms with Crippen LogP contribution in [-0.4, -0.2) is 52.1 Å². The second-order valence-electron chi connectivity index (χ2n) is 6.78. The Bertz CT molecular complexity index is 406. The van der Waals surface area contributed by atoms with E-state index in [1.54, 1.807) is 4.90 Å². The van der Waals surface area contributed by atoms with Crippen molar-refractivity contribution in [3.63, 3.8) is 0 Å². The number of nitrogens with zero attached hydrogens (tertiary/aromatic N) is 2. The number of rotatable bonds is 1. The summed E-state index contributed by atoms with van der Waals surface area (Å²) < 4.78 is 0. The number of fused-ring (bicyclic) bond motifs is 1. The average molecular weight is 294 g/mol. The standard InChI is InChI=1S/C16H26N2O3/c19-15(20)14-9-8-12-6-2-3-7-13(12)18(14)16(21)17-10-4-1-5-11-17/h12-14H,1-11H2,(H,19,20). The van der Waals surface area contributed by atoms with Gasteiger partial charge in [0.05, 0.1) is 0 Å².